The molecule has 0 spiro atoms. The van der Waals surface area contributed by atoms with Crippen molar-refractivity contribution in [1.82, 2.24) is 25.0 Å². The second kappa shape index (κ2) is 12.6. The van der Waals surface area contributed by atoms with E-state index in [0.717, 1.165) is 71.0 Å². The van der Waals surface area contributed by atoms with Crippen LogP contribution in [0.15, 0.2) is 29.4 Å². The minimum absolute atomic E-state index is 0. The third-order valence-electron chi connectivity index (χ3n) is 6.89. The first-order chi connectivity index (χ1) is 15.7. The van der Waals surface area contributed by atoms with E-state index in [9.17, 15) is 4.79 Å². The maximum atomic E-state index is 12.7. The third-order valence-corrected chi connectivity index (χ3v) is 6.89. The molecule has 0 aliphatic carbocycles. The third kappa shape index (κ3) is 6.62. The zero-order valence-electron chi connectivity index (χ0n) is 20.1. The lowest BCUT2D eigenvalue weighted by atomic mass is 10.1. The van der Waals surface area contributed by atoms with Crippen LogP contribution in [0, 0.1) is 6.92 Å². The molecule has 3 heterocycles. The summed E-state index contributed by atoms with van der Waals surface area (Å²) in [5, 5.41) is 4.85. The van der Waals surface area contributed by atoms with Gasteiger partial charge in [0.1, 0.15) is 0 Å². The van der Waals surface area contributed by atoms with Crippen molar-refractivity contribution in [3.63, 3.8) is 0 Å². The lowest BCUT2D eigenvalue weighted by Crippen LogP contribution is -2.54. The Hall–Kier alpha value is -1.81. The number of H-pyrrole nitrogens is 1. The Kier molecular flexibility index (Phi) is 9.85. The van der Waals surface area contributed by atoms with Crippen LogP contribution in [0.25, 0.3) is 10.9 Å². The van der Waals surface area contributed by atoms with E-state index in [4.69, 9.17) is 0 Å². The van der Waals surface area contributed by atoms with Gasteiger partial charge in [-0.25, -0.2) is 0 Å². The maximum Gasteiger partial charge on any atom is 0.236 e. The van der Waals surface area contributed by atoms with Gasteiger partial charge in [0, 0.05) is 70.0 Å². The molecule has 8 heteroatoms. The van der Waals surface area contributed by atoms with Gasteiger partial charge in [0.2, 0.25) is 5.91 Å². The summed E-state index contributed by atoms with van der Waals surface area (Å²) >= 11 is 0. The van der Waals surface area contributed by atoms with Gasteiger partial charge in [-0.1, -0.05) is 31.0 Å². The highest BCUT2D eigenvalue weighted by Gasteiger charge is 2.23. The van der Waals surface area contributed by atoms with Crippen LogP contribution >= 0.6 is 24.0 Å². The number of aromatic amines is 1. The molecule has 182 valence electrons. The Morgan fingerprint density at radius 1 is 1.03 bits per heavy atom. The quantitative estimate of drug-likeness (QED) is 0.332. The van der Waals surface area contributed by atoms with Crippen molar-refractivity contribution in [2.75, 3.05) is 59.4 Å². The molecule has 1 aromatic carbocycles. The summed E-state index contributed by atoms with van der Waals surface area (Å²) in [6.45, 7) is 9.03. The number of carbonyl (C=O) groups excluding carboxylic acids is 1. The van der Waals surface area contributed by atoms with Gasteiger partial charge < -0.3 is 20.1 Å². The van der Waals surface area contributed by atoms with Gasteiger partial charge >= 0.3 is 0 Å². The summed E-state index contributed by atoms with van der Waals surface area (Å²) in [7, 11) is 1.85. The molecule has 2 aromatic rings. The SMILES string of the molecule is CN=C(NCCc1c[nH]c2c(C)cccc12)N1CCN(CC(=O)N2CCCCCC2)CC1.I. The second-order valence-electron chi connectivity index (χ2n) is 9.09. The number of aryl methyl sites for hydroxylation is 1. The van der Waals surface area contributed by atoms with Gasteiger partial charge in [0.05, 0.1) is 6.54 Å². The predicted octanol–water partition coefficient (Wildman–Crippen LogP) is 3.23. The van der Waals surface area contributed by atoms with Gasteiger partial charge in [-0.2, -0.15) is 0 Å². The number of likely N-dealkylation sites (tertiary alicyclic amines) is 1. The number of benzene rings is 1. The zero-order valence-corrected chi connectivity index (χ0v) is 22.4. The van der Waals surface area contributed by atoms with E-state index in [-0.39, 0.29) is 24.0 Å². The highest BCUT2D eigenvalue weighted by molar-refractivity contribution is 14.0. The number of nitrogens with zero attached hydrogens (tertiary/aromatic N) is 4. The van der Waals surface area contributed by atoms with Gasteiger partial charge in [-0.15, -0.1) is 24.0 Å². The Morgan fingerprint density at radius 2 is 1.76 bits per heavy atom. The van der Waals surface area contributed by atoms with Crippen molar-refractivity contribution >= 4 is 46.7 Å². The average molecular weight is 567 g/mol. The molecular weight excluding hydrogens is 527 g/mol. The summed E-state index contributed by atoms with van der Waals surface area (Å²) < 4.78 is 0. The molecule has 4 rings (SSSR count). The Balaban J connectivity index is 0.00000306. The summed E-state index contributed by atoms with van der Waals surface area (Å²) in [6, 6.07) is 6.46. The van der Waals surface area contributed by atoms with Crippen LogP contribution in [-0.2, 0) is 11.2 Å². The summed E-state index contributed by atoms with van der Waals surface area (Å²) in [6.07, 6.45) is 7.90. The number of nitrogens with one attached hydrogen (secondary N) is 2. The van der Waals surface area contributed by atoms with Crippen LogP contribution in [0.3, 0.4) is 0 Å². The molecule has 2 fully saturated rings. The minimum Gasteiger partial charge on any atom is -0.361 e. The molecule has 33 heavy (non-hydrogen) atoms. The van der Waals surface area contributed by atoms with E-state index in [1.165, 1.54) is 34.9 Å². The minimum atomic E-state index is 0. The first kappa shape index (κ1) is 25.8. The van der Waals surface area contributed by atoms with Crippen molar-refractivity contribution < 1.29 is 4.79 Å². The topological polar surface area (TPSA) is 67.0 Å². The number of amides is 1. The lowest BCUT2D eigenvalue weighted by Gasteiger charge is -2.37. The molecule has 0 atom stereocenters. The number of para-hydroxylation sites is 1. The van der Waals surface area contributed by atoms with Crippen molar-refractivity contribution in [3.05, 3.63) is 35.5 Å². The highest BCUT2D eigenvalue weighted by atomic mass is 127. The van der Waals surface area contributed by atoms with E-state index in [1.807, 2.05) is 7.05 Å². The number of aromatic nitrogens is 1. The molecule has 0 saturated carbocycles. The van der Waals surface area contributed by atoms with E-state index < -0.39 is 0 Å². The van der Waals surface area contributed by atoms with Gasteiger partial charge in [-0.3, -0.25) is 14.7 Å². The number of hydrogen-bond acceptors (Lipinski definition) is 3. The fourth-order valence-electron chi connectivity index (χ4n) is 4.94. The monoisotopic (exact) mass is 566 g/mol. The Labute approximate surface area is 215 Å². The first-order valence-corrected chi connectivity index (χ1v) is 12.2. The summed E-state index contributed by atoms with van der Waals surface area (Å²) in [4.78, 5) is 27.3. The molecule has 1 aromatic heterocycles. The summed E-state index contributed by atoms with van der Waals surface area (Å²) in [5.74, 6) is 1.26. The van der Waals surface area contributed by atoms with Crippen molar-refractivity contribution in [1.29, 1.82) is 0 Å². The molecule has 2 N–H and O–H groups in total. The first-order valence-electron chi connectivity index (χ1n) is 12.2. The normalized spacial score (nSPS) is 18.2. The maximum absolute atomic E-state index is 12.7. The van der Waals surface area contributed by atoms with Crippen LogP contribution in [0.1, 0.15) is 36.8 Å². The fourth-order valence-corrected chi connectivity index (χ4v) is 4.94. The van der Waals surface area contributed by atoms with Crippen molar-refractivity contribution in [3.8, 4) is 0 Å². The van der Waals surface area contributed by atoms with E-state index >= 15 is 0 Å². The van der Waals surface area contributed by atoms with Crippen LogP contribution in [0.4, 0.5) is 0 Å². The van der Waals surface area contributed by atoms with Crippen LogP contribution < -0.4 is 5.32 Å². The van der Waals surface area contributed by atoms with Gasteiger partial charge in [0.25, 0.3) is 0 Å². The van der Waals surface area contributed by atoms with E-state index in [0.29, 0.717) is 12.5 Å². The van der Waals surface area contributed by atoms with Gasteiger partial charge in [0.15, 0.2) is 5.96 Å². The molecule has 2 aliphatic heterocycles. The average Bonchev–Trinajstić information content (AvgIpc) is 3.03. The standard InChI is InChI=1S/C25H38N6O.HI/c1-20-8-7-9-22-21(18-28-24(20)22)10-11-27-25(26-2)31-16-14-29(15-17-31)19-23(32)30-12-5-3-4-6-13-30;/h7-9,18,28H,3-6,10-17,19H2,1-2H3,(H,26,27);1H. The zero-order chi connectivity index (χ0) is 22.3. The number of rotatable bonds is 5. The molecular formula is C25H39IN6O. The number of guanidine groups is 1. The highest BCUT2D eigenvalue weighted by Crippen LogP contribution is 2.21. The Morgan fingerprint density at radius 3 is 2.45 bits per heavy atom. The number of halogens is 1. The van der Waals surface area contributed by atoms with Crippen LogP contribution in [-0.4, -0.2) is 91.0 Å². The fraction of sp³-hybridized carbons (Fsp3) is 0.600. The number of aliphatic imine (C=N–C) groups is 1. The van der Waals surface area contributed by atoms with E-state index in [2.05, 4.69) is 61.3 Å². The number of carbonyl (C=O) groups is 1. The van der Waals surface area contributed by atoms with Gasteiger partial charge in [-0.05, 0) is 37.3 Å². The van der Waals surface area contributed by atoms with Crippen molar-refractivity contribution in [2.24, 2.45) is 4.99 Å². The molecule has 2 aliphatic rings. The van der Waals surface area contributed by atoms with Crippen LogP contribution in [0.2, 0.25) is 0 Å². The molecule has 1 amide bonds. The smallest absolute Gasteiger partial charge is 0.236 e. The Bertz CT molecular complexity index is 926. The van der Waals surface area contributed by atoms with Crippen molar-refractivity contribution in [2.45, 2.75) is 39.0 Å². The molecule has 2 saturated heterocycles. The number of hydrogen-bond donors (Lipinski definition) is 2. The number of fused-ring (bicyclic) bond motifs is 1. The van der Waals surface area contributed by atoms with Crippen LogP contribution in [0.5, 0.6) is 0 Å². The molecule has 0 bridgehead atoms. The second-order valence-corrected chi connectivity index (χ2v) is 9.09. The largest absolute Gasteiger partial charge is 0.361 e. The molecule has 7 nitrogen and oxygen atoms in total. The molecule has 0 radical (unpaired) electrons. The molecule has 0 unspecified atom stereocenters. The summed E-state index contributed by atoms with van der Waals surface area (Å²) in [5.41, 5.74) is 3.85. The van der Waals surface area contributed by atoms with E-state index in [1.54, 1.807) is 0 Å². The predicted molar refractivity (Wildman–Crippen MR) is 147 cm³/mol. The lowest BCUT2D eigenvalue weighted by molar-refractivity contribution is -0.132. The number of piperazine rings is 1.